The van der Waals surface area contributed by atoms with Crippen LogP contribution < -0.4 is 20.1 Å². The van der Waals surface area contributed by atoms with Gasteiger partial charge in [0.2, 0.25) is 0 Å². The smallest absolute Gasteiger partial charge is 0.319 e. The maximum atomic E-state index is 12.0. The summed E-state index contributed by atoms with van der Waals surface area (Å²) >= 11 is 0. The van der Waals surface area contributed by atoms with E-state index in [9.17, 15) is 4.79 Å². The van der Waals surface area contributed by atoms with Crippen LogP contribution in [0.1, 0.15) is 6.92 Å². The van der Waals surface area contributed by atoms with Gasteiger partial charge in [0, 0.05) is 0 Å². The van der Waals surface area contributed by atoms with E-state index in [0.717, 1.165) is 5.75 Å². The zero-order valence-electron chi connectivity index (χ0n) is 12.7. The maximum Gasteiger partial charge on any atom is 0.319 e. The lowest BCUT2D eigenvalue weighted by atomic mass is 10.3. The Hall–Kier alpha value is -2.69. The number of nitrogens with one attached hydrogen (secondary N) is 2. The van der Waals surface area contributed by atoms with E-state index in [1.807, 2.05) is 49.4 Å². The van der Waals surface area contributed by atoms with Crippen molar-refractivity contribution < 1.29 is 14.3 Å². The van der Waals surface area contributed by atoms with Crippen molar-refractivity contribution in [3.63, 3.8) is 0 Å². The van der Waals surface area contributed by atoms with E-state index in [1.165, 1.54) is 0 Å². The van der Waals surface area contributed by atoms with E-state index in [4.69, 9.17) is 9.47 Å². The number of rotatable bonds is 6. The summed E-state index contributed by atoms with van der Waals surface area (Å²) in [4.78, 5) is 12.0. The molecule has 0 aliphatic rings. The normalized spacial score (nSPS) is 11.4. The monoisotopic (exact) mass is 300 g/mol. The number of para-hydroxylation sites is 3. The van der Waals surface area contributed by atoms with Crippen molar-refractivity contribution in [3.05, 3.63) is 54.6 Å². The molecule has 2 aromatic rings. The predicted octanol–water partition coefficient (Wildman–Crippen LogP) is 3.28. The van der Waals surface area contributed by atoms with Crippen LogP contribution in [0.3, 0.4) is 0 Å². The second kappa shape index (κ2) is 7.93. The van der Waals surface area contributed by atoms with Gasteiger partial charge in [-0.1, -0.05) is 30.3 Å². The largest absolute Gasteiger partial charge is 0.495 e. The molecular formula is C17H20N2O3. The number of anilines is 1. The highest BCUT2D eigenvalue weighted by atomic mass is 16.5. The number of carbonyl (C=O) groups is 1. The van der Waals surface area contributed by atoms with Crippen LogP contribution in [0.25, 0.3) is 0 Å². The molecule has 2 aromatic carbocycles. The third-order valence-corrected chi connectivity index (χ3v) is 2.98. The summed E-state index contributed by atoms with van der Waals surface area (Å²) in [6, 6.07) is 16.3. The summed E-state index contributed by atoms with van der Waals surface area (Å²) in [7, 11) is 1.56. The lowest BCUT2D eigenvalue weighted by Gasteiger charge is -2.16. The van der Waals surface area contributed by atoms with Crippen LogP contribution in [0, 0.1) is 0 Å². The van der Waals surface area contributed by atoms with Gasteiger partial charge >= 0.3 is 6.03 Å². The van der Waals surface area contributed by atoms with Gasteiger partial charge in [-0.25, -0.2) is 4.79 Å². The first-order valence-electron chi connectivity index (χ1n) is 7.07. The minimum Gasteiger partial charge on any atom is -0.495 e. The second-order valence-electron chi connectivity index (χ2n) is 4.82. The van der Waals surface area contributed by atoms with Crippen molar-refractivity contribution in [1.29, 1.82) is 0 Å². The zero-order valence-corrected chi connectivity index (χ0v) is 12.7. The number of hydrogen-bond acceptors (Lipinski definition) is 3. The van der Waals surface area contributed by atoms with E-state index in [0.29, 0.717) is 18.0 Å². The molecule has 2 amide bonds. The number of urea groups is 1. The van der Waals surface area contributed by atoms with E-state index in [2.05, 4.69) is 10.6 Å². The molecule has 116 valence electrons. The third kappa shape index (κ3) is 4.70. The van der Waals surface area contributed by atoms with Crippen LogP contribution in [0.4, 0.5) is 10.5 Å². The van der Waals surface area contributed by atoms with E-state index < -0.39 is 0 Å². The second-order valence-corrected chi connectivity index (χ2v) is 4.82. The number of carbonyl (C=O) groups excluding carboxylic acids is 1. The molecule has 0 heterocycles. The maximum absolute atomic E-state index is 12.0. The van der Waals surface area contributed by atoms with Gasteiger partial charge in [0.15, 0.2) is 0 Å². The fraction of sp³-hybridized carbons (Fsp3) is 0.235. The Morgan fingerprint density at radius 2 is 1.77 bits per heavy atom. The van der Waals surface area contributed by atoms with Crippen LogP contribution in [-0.4, -0.2) is 25.8 Å². The standard InChI is InChI=1S/C17H20N2O3/c1-13(12-22-14-8-4-3-5-9-14)18-17(20)19-15-10-6-7-11-16(15)21-2/h3-11,13H,12H2,1-2H3,(H2,18,19,20)/t13-/m0/s1. The topological polar surface area (TPSA) is 59.6 Å². The quantitative estimate of drug-likeness (QED) is 0.860. The molecule has 0 spiro atoms. The Kier molecular flexibility index (Phi) is 5.65. The first-order valence-corrected chi connectivity index (χ1v) is 7.07. The van der Waals surface area contributed by atoms with Gasteiger partial charge < -0.3 is 20.1 Å². The fourth-order valence-corrected chi connectivity index (χ4v) is 1.91. The summed E-state index contributed by atoms with van der Waals surface area (Å²) in [6.07, 6.45) is 0. The van der Waals surface area contributed by atoms with Gasteiger partial charge in [-0.15, -0.1) is 0 Å². The fourth-order valence-electron chi connectivity index (χ4n) is 1.91. The molecule has 5 heteroatoms. The molecule has 0 saturated heterocycles. The van der Waals surface area contributed by atoms with Crippen LogP contribution in [0.2, 0.25) is 0 Å². The van der Waals surface area contributed by atoms with E-state index in [1.54, 1.807) is 19.2 Å². The minimum absolute atomic E-state index is 0.130. The highest BCUT2D eigenvalue weighted by molar-refractivity contribution is 5.91. The molecular weight excluding hydrogens is 280 g/mol. The summed E-state index contributed by atoms with van der Waals surface area (Å²) in [5, 5.41) is 5.58. The molecule has 0 unspecified atom stereocenters. The van der Waals surface area contributed by atoms with Crippen LogP contribution in [0.15, 0.2) is 54.6 Å². The number of methoxy groups -OCH3 is 1. The highest BCUT2D eigenvalue weighted by Gasteiger charge is 2.10. The summed E-state index contributed by atoms with van der Waals surface area (Å²) in [5.41, 5.74) is 0.624. The lowest BCUT2D eigenvalue weighted by molar-refractivity contribution is 0.236. The molecule has 5 nitrogen and oxygen atoms in total. The Bertz CT molecular complexity index is 602. The van der Waals surface area contributed by atoms with Gasteiger partial charge in [-0.05, 0) is 31.2 Å². The van der Waals surface area contributed by atoms with Crippen molar-refractivity contribution in [1.82, 2.24) is 5.32 Å². The number of hydrogen-bond donors (Lipinski definition) is 2. The molecule has 0 aliphatic carbocycles. The Morgan fingerprint density at radius 3 is 2.50 bits per heavy atom. The molecule has 22 heavy (non-hydrogen) atoms. The van der Waals surface area contributed by atoms with Crippen LogP contribution in [0.5, 0.6) is 11.5 Å². The predicted molar refractivity (Wildman–Crippen MR) is 86.5 cm³/mol. The molecule has 0 aliphatic heterocycles. The first-order chi connectivity index (χ1) is 10.7. The van der Waals surface area contributed by atoms with Crippen molar-refractivity contribution in [2.45, 2.75) is 13.0 Å². The number of ether oxygens (including phenoxy) is 2. The van der Waals surface area contributed by atoms with Gasteiger partial charge in [0.25, 0.3) is 0 Å². The van der Waals surface area contributed by atoms with Gasteiger partial charge in [-0.2, -0.15) is 0 Å². The average molecular weight is 300 g/mol. The van der Waals surface area contributed by atoms with Crippen molar-refractivity contribution in [2.75, 3.05) is 19.0 Å². The summed E-state index contributed by atoms with van der Waals surface area (Å²) < 4.78 is 10.8. The SMILES string of the molecule is COc1ccccc1NC(=O)N[C@@H](C)COc1ccccc1. The Morgan fingerprint density at radius 1 is 1.09 bits per heavy atom. The van der Waals surface area contributed by atoms with Gasteiger partial charge in [0.1, 0.15) is 18.1 Å². The van der Waals surface area contributed by atoms with E-state index >= 15 is 0 Å². The van der Waals surface area contributed by atoms with Crippen molar-refractivity contribution in [3.8, 4) is 11.5 Å². The molecule has 1 atom stereocenters. The van der Waals surface area contributed by atoms with E-state index in [-0.39, 0.29) is 12.1 Å². The Labute approximate surface area is 130 Å². The number of benzene rings is 2. The third-order valence-electron chi connectivity index (χ3n) is 2.98. The highest BCUT2D eigenvalue weighted by Crippen LogP contribution is 2.22. The average Bonchev–Trinajstić information content (AvgIpc) is 2.54. The number of amides is 2. The van der Waals surface area contributed by atoms with Crippen LogP contribution >= 0.6 is 0 Å². The van der Waals surface area contributed by atoms with Crippen molar-refractivity contribution >= 4 is 11.7 Å². The molecule has 0 fully saturated rings. The summed E-state index contributed by atoms with van der Waals surface area (Å²) in [5.74, 6) is 1.40. The van der Waals surface area contributed by atoms with Gasteiger partial charge in [-0.3, -0.25) is 0 Å². The van der Waals surface area contributed by atoms with Crippen LogP contribution in [-0.2, 0) is 0 Å². The molecule has 0 radical (unpaired) electrons. The lowest BCUT2D eigenvalue weighted by Crippen LogP contribution is -2.39. The van der Waals surface area contributed by atoms with Gasteiger partial charge in [0.05, 0.1) is 18.8 Å². The minimum atomic E-state index is -0.298. The Balaban J connectivity index is 1.81. The first kappa shape index (κ1) is 15.7. The molecule has 2 N–H and O–H groups in total. The van der Waals surface area contributed by atoms with Crippen molar-refractivity contribution in [2.24, 2.45) is 0 Å². The summed E-state index contributed by atoms with van der Waals surface area (Å²) in [6.45, 7) is 2.27. The molecule has 0 saturated carbocycles. The molecule has 0 bridgehead atoms. The zero-order chi connectivity index (χ0) is 15.8. The molecule has 2 rings (SSSR count). The molecule has 0 aromatic heterocycles.